The number of urea groups is 1. The van der Waals surface area contributed by atoms with E-state index in [0.717, 1.165) is 16.7 Å². The molecule has 0 saturated carbocycles. The highest BCUT2D eigenvalue weighted by atomic mass is 16.5. The summed E-state index contributed by atoms with van der Waals surface area (Å²) in [7, 11) is 5.71. The van der Waals surface area contributed by atoms with E-state index in [-0.39, 0.29) is 18.0 Å². The lowest BCUT2D eigenvalue weighted by atomic mass is 9.72. The van der Waals surface area contributed by atoms with Gasteiger partial charge in [0.15, 0.2) is 6.23 Å². The van der Waals surface area contributed by atoms with Gasteiger partial charge in [0.05, 0.1) is 18.7 Å². The third-order valence-electron chi connectivity index (χ3n) is 7.47. The summed E-state index contributed by atoms with van der Waals surface area (Å²) in [6.07, 6.45) is 2.79. The molecule has 2 aromatic rings. The van der Waals surface area contributed by atoms with Gasteiger partial charge in [0.1, 0.15) is 11.2 Å². The molecule has 2 aromatic carbocycles. The lowest BCUT2D eigenvalue weighted by molar-refractivity contribution is -0.191. The number of amides is 3. The van der Waals surface area contributed by atoms with Gasteiger partial charge in [-0.05, 0) is 63.5 Å². The molecule has 1 N–H and O–H groups in total. The maximum atomic E-state index is 13.4. The summed E-state index contributed by atoms with van der Waals surface area (Å²) in [5, 5.41) is 3.03. The predicted molar refractivity (Wildman–Crippen MR) is 146 cm³/mol. The summed E-state index contributed by atoms with van der Waals surface area (Å²) in [5.74, 6) is 0.409. The minimum Gasteiger partial charge on any atom is -0.469 e. The number of ether oxygens (including phenoxy) is 2. The Labute approximate surface area is 221 Å². The van der Waals surface area contributed by atoms with Crippen LogP contribution in [0.4, 0.5) is 4.79 Å². The van der Waals surface area contributed by atoms with E-state index in [1.165, 1.54) is 4.90 Å². The van der Waals surface area contributed by atoms with Crippen LogP contribution in [0.15, 0.2) is 61.2 Å². The van der Waals surface area contributed by atoms with Crippen molar-refractivity contribution in [3.8, 4) is 5.75 Å². The molecule has 0 radical (unpaired) electrons. The molecular formula is C30H41N3O4. The van der Waals surface area contributed by atoms with Gasteiger partial charge in [-0.2, -0.15) is 0 Å². The maximum absolute atomic E-state index is 13.4. The molecule has 200 valence electrons. The van der Waals surface area contributed by atoms with Crippen molar-refractivity contribution in [1.29, 1.82) is 0 Å². The zero-order valence-corrected chi connectivity index (χ0v) is 23.0. The van der Waals surface area contributed by atoms with Gasteiger partial charge in [0, 0.05) is 7.11 Å². The highest BCUT2D eigenvalue weighted by Gasteiger charge is 2.63. The fourth-order valence-electron chi connectivity index (χ4n) is 4.96. The van der Waals surface area contributed by atoms with Gasteiger partial charge in [-0.15, -0.1) is 6.58 Å². The number of likely N-dealkylation sites (tertiary alicyclic amines) is 1. The third-order valence-corrected chi connectivity index (χ3v) is 7.47. The van der Waals surface area contributed by atoms with Crippen molar-refractivity contribution in [2.45, 2.75) is 58.3 Å². The lowest BCUT2D eigenvalue weighted by Gasteiger charge is -2.53. The van der Waals surface area contributed by atoms with Crippen molar-refractivity contribution in [2.75, 3.05) is 27.8 Å². The Hall–Kier alpha value is -3.16. The fraction of sp³-hybridized carbons (Fsp3) is 0.467. The fourth-order valence-corrected chi connectivity index (χ4v) is 4.96. The van der Waals surface area contributed by atoms with E-state index in [2.05, 4.69) is 16.8 Å². The minimum atomic E-state index is -0.740. The Morgan fingerprint density at radius 2 is 1.70 bits per heavy atom. The van der Waals surface area contributed by atoms with Crippen molar-refractivity contribution in [1.82, 2.24) is 15.1 Å². The number of carbonyl (C=O) groups is 2. The second-order valence-electron chi connectivity index (χ2n) is 9.95. The normalized spacial score (nSPS) is 18.2. The van der Waals surface area contributed by atoms with Crippen LogP contribution >= 0.6 is 0 Å². The summed E-state index contributed by atoms with van der Waals surface area (Å²) in [6.45, 7) is 10.4. The molecule has 0 spiro atoms. The number of β-lactam (4-membered cyclic amide) rings is 1. The molecule has 1 unspecified atom stereocenters. The van der Waals surface area contributed by atoms with Crippen LogP contribution in [-0.2, 0) is 9.53 Å². The van der Waals surface area contributed by atoms with E-state index in [0.29, 0.717) is 31.6 Å². The second kappa shape index (κ2) is 12.4. The first-order valence-corrected chi connectivity index (χ1v) is 13.0. The van der Waals surface area contributed by atoms with Gasteiger partial charge >= 0.3 is 6.03 Å². The zero-order valence-electron chi connectivity index (χ0n) is 23.0. The number of nitrogens with one attached hydrogen (secondary N) is 1. The molecule has 1 fully saturated rings. The van der Waals surface area contributed by atoms with Crippen LogP contribution in [0.3, 0.4) is 0 Å². The molecule has 3 amide bonds. The van der Waals surface area contributed by atoms with Gasteiger partial charge in [-0.3, -0.25) is 4.79 Å². The molecule has 37 heavy (non-hydrogen) atoms. The van der Waals surface area contributed by atoms with Crippen molar-refractivity contribution in [3.05, 3.63) is 77.9 Å². The van der Waals surface area contributed by atoms with Crippen LogP contribution in [0.1, 0.15) is 61.9 Å². The van der Waals surface area contributed by atoms with Crippen LogP contribution in [0.5, 0.6) is 5.75 Å². The molecule has 0 aliphatic carbocycles. The molecule has 0 bridgehead atoms. The number of hydrogen-bond donors (Lipinski definition) is 1. The Balaban J connectivity index is 1.82. The molecule has 7 nitrogen and oxygen atoms in total. The molecule has 1 heterocycles. The number of methoxy groups -OCH3 is 1. The zero-order chi connectivity index (χ0) is 27.2. The number of carbonyl (C=O) groups excluding carboxylic acids is 2. The van der Waals surface area contributed by atoms with E-state index in [9.17, 15) is 9.59 Å². The predicted octanol–water partition coefficient (Wildman–Crippen LogP) is 5.62. The molecular weight excluding hydrogens is 466 g/mol. The lowest BCUT2D eigenvalue weighted by Crippen LogP contribution is -2.73. The summed E-state index contributed by atoms with van der Waals surface area (Å²) < 4.78 is 11.7. The van der Waals surface area contributed by atoms with Crippen LogP contribution in [-0.4, -0.2) is 55.8 Å². The summed E-state index contributed by atoms with van der Waals surface area (Å²) in [4.78, 5) is 30.1. The molecule has 1 aliphatic rings. The maximum Gasteiger partial charge on any atom is 0.327 e. The first-order chi connectivity index (χ1) is 17.7. The van der Waals surface area contributed by atoms with E-state index in [1.807, 2.05) is 83.4 Å². The number of benzene rings is 2. The smallest absolute Gasteiger partial charge is 0.327 e. The van der Waals surface area contributed by atoms with E-state index in [4.69, 9.17) is 9.47 Å². The Morgan fingerprint density at radius 1 is 1.11 bits per heavy atom. The first-order valence-electron chi connectivity index (χ1n) is 13.0. The number of nitrogens with zero attached hydrogens (tertiary/aromatic N) is 2. The van der Waals surface area contributed by atoms with Crippen molar-refractivity contribution >= 4 is 11.9 Å². The van der Waals surface area contributed by atoms with Crippen LogP contribution in [0, 0.1) is 12.3 Å². The SMILES string of the molecule is C=CC[C@@H](NC(=O)N1C(=O)C(CC)(CC)[C@@H]1Oc1ccc(C(COC)N(C)C)cc1)c1ccc(C)cc1. The van der Waals surface area contributed by atoms with Crippen molar-refractivity contribution in [2.24, 2.45) is 5.41 Å². The van der Waals surface area contributed by atoms with E-state index < -0.39 is 17.7 Å². The van der Waals surface area contributed by atoms with Crippen molar-refractivity contribution in [3.63, 3.8) is 0 Å². The summed E-state index contributed by atoms with van der Waals surface area (Å²) >= 11 is 0. The molecule has 7 heteroatoms. The largest absolute Gasteiger partial charge is 0.469 e. The number of rotatable bonds is 12. The molecule has 1 saturated heterocycles. The van der Waals surface area contributed by atoms with Crippen LogP contribution in [0.2, 0.25) is 0 Å². The molecule has 3 atom stereocenters. The van der Waals surface area contributed by atoms with E-state index in [1.54, 1.807) is 13.2 Å². The van der Waals surface area contributed by atoms with Gasteiger partial charge in [0.25, 0.3) is 0 Å². The van der Waals surface area contributed by atoms with Crippen molar-refractivity contribution < 1.29 is 19.1 Å². The highest BCUT2D eigenvalue weighted by Crippen LogP contribution is 2.46. The van der Waals surface area contributed by atoms with Gasteiger partial charge in [0.2, 0.25) is 5.91 Å². The summed E-state index contributed by atoms with van der Waals surface area (Å²) in [5.41, 5.74) is 2.46. The molecule has 3 rings (SSSR count). The highest BCUT2D eigenvalue weighted by molar-refractivity contribution is 6.03. The number of likely N-dealkylation sites (N-methyl/N-ethyl adjacent to an activating group) is 1. The Kier molecular flexibility index (Phi) is 9.51. The summed E-state index contributed by atoms with van der Waals surface area (Å²) in [6, 6.07) is 15.1. The second-order valence-corrected chi connectivity index (χ2v) is 9.95. The monoisotopic (exact) mass is 507 g/mol. The minimum absolute atomic E-state index is 0.112. The van der Waals surface area contributed by atoms with Gasteiger partial charge in [-0.1, -0.05) is 61.9 Å². The average Bonchev–Trinajstić information content (AvgIpc) is 2.88. The van der Waals surface area contributed by atoms with Gasteiger partial charge in [-0.25, -0.2) is 9.69 Å². The van der Waals surface area contributed by atoms with Gasteiger partial charge < -0.3 is 19.7 Å². The first kappa shape index (κ1) is 28.4. The van der Waals surface area contributed by atoms with Crippen LogP contribution in [0.25, 0.3) is 0 Å². The Bertz CT molecular complexity index is 1060. The quantitative estimate of drug-likeness (QED) is 0.298. The topological polar surface area (TPSA) is 71.1 Å². The Morgan fingerprint density at radius 3 is 2.22 bits per heavy atom. The van der Waals surface area contributed by atoms with E-state index >= 15 is 0 Å². The van der Waals surface area contributed by atoms with Crippen LogP contribution < -0.4 is 10.1 Å². The third kappa shape index (κ3) is 5.89. The number of hydrogen-bond acceptors (Lipinski definition) is 5. The standard InChI is InChI=1S/C30H41N3O4/c1-8-11-25(22-14-12-21(4)13-15-22)31-29(35)33-27(34)30(9-2,10-3)28(33)37-24-18-16-23(17-19-24)26(20-36-7)32(5)6/h8,12-19,25-26,28H,1,9-11,20H2,2-7H3,(H,31,35)/t25-,26?,28+/m1/s1. The molecule has 0 aromatic heterocycles. The molecule has 1 aliphatic heterocycles. The number of imide groups is 1. The average molecular weight is 508 g/mol. The number of aryl methyl sites for hydroxylation is 1.